The van der Waals surface area contributed by atoms with Gasteiger partial charge in [-0.1, -0.05) is 20.8 Å². The molecular weight excluding hydrogens is 514 g/mol. The largest absolute Gasteiger partial charge is 0.505 e. The van der Waals surface area contributed by atoms with Gasteiger partial charge in [-0.2, -0.15) is 0 Å². The number of benzene rings is 1. The van der Waals surface area contributed by atoms with Crippen LogP contribution in [0, 0.1) is 12.3 Å². The first-order valence-electron chi connectivity index (χ1n) is 11.1. The number of carbonyl (C=O) groups excluding carboxylic acids is 1. The lowest BCUT2D eigenvalue weighted by molar-refractivity contribution is 0.0824. The lowest BCUT2D eigenvalue weighted by Crippen LogP contribution is -2.33. The number of nitrogens with zero attached hydrogens (tertiary/aromatic N) is 5. The predicted molar refractivity (Wildman–Crippen MR) is 136 cm³/mol. The topological polar surface area (TPSA) is 128 Å². The van der Waals surface area contributed by atoms with Gasteiger partial charge < -0.3 is 25.1 Å². The summed E-state index contributed by atoms with van der Waals surface area (Å²) in [5.41, 5.74) is 1.04. The van der Waals surface area contributed by atoms with Gasteiger partial charge in [-0.05, 0) is 52.5 Å². The van der Waals surface area contributed by atoms with Crippen LogP contribution in [0.25, 0.3) is 0 Å². The molecule has 0 aliphatic carbocycles. The first-order chi connectivity index (χ1) is 16.5. The summed E-state index contributed by atoms with van der Waals surface area (Å²) in [5, 5.41) is 17.6. The molecular formula is C24H28BrN7O3. The van der Waals surface area contributed by atoms with Crippen LogP contribution < -0.4 is 21.6 Å². The second kappa shape index (κ2) is 9.29. The lowest BCUT2D eigenvalue weighted by atomic mass is 9.85. The third-order valence-corrected chi connectivity index (χ3v) is 6.15. The second-order valence-electron chi connectivity index (χ2n) is 9.56. The maximum Gasteiger partial charge on any atom is 0.258 e. The fourth-order valence-electron chi connectivity index (χ4n) is 3.67. The van der Waals surface area contributed by atoms with E-state index in [0.29, 0.717) is 32.8 Å². The van der Waals surface area contributed by atoms with Crippen molar-refractivity contribution in [2.24, 2.45) is 15.4 Å². The number of anilines is 3. The van der Waals surface area contributed by atoms with E-state index in [1.54, 1.807) is 26.2 Å². The van der Waals surface area contributed by atoms with Crippen LogP contribution in [0.5, 0.6) is 5.75 Å². The van der Waals surface area contributed by atoms with Crippen molar-refractivity contribution in [2.75, 3.05) is 31.4 Å². The third-order valence-electron chi connectivity index (χ3n) is 5.49. The van der Waals surface area contributed by atoms with Crippen molar-refractivity contribution in [1.82, 2.24) is 14.9 Å². The molecule has 0 saturated heterocycles. The van der Waals surface area contributed by atoms with Crippen LogP contribution in [0.1, 0.15) is 48.7 Å². The number of halogens is 1. The van der Waals surface area contributed by atoms with Gasteiger partial charge in [0.15, 0.2) is 28.4 Å². The van der Waals surface area contributed by atoms with Gasteiger partial charge in [0.25, 0.3) is 5.91 Å². The molecule has 0 bridgehead atoms. The number of hydrogen-bond acceptors (Lipinski definition) is 9. The van der Waals surface area contributed by atoms with E-state index in [4.69, 9.17) is 4.42 Å². The Labute approximate surface area is 211 Å². The molecule has 3 aromatic rings. The van der Waals surface area contributed by atoms with Crippen molar-refractivity contribution >= 4 is 39.2 Å². The molecule has 10 nitrogen and oxygen atoms in total. The Balaban J connectivity index is 1.80. The highest BCUT2D eigenvalue weighted by atomic mass is 79.9. The molecule has 0 unspecified atom stereocenters. The van der Waals surface area contributed by atoms with Crippen LogP contribution >= 0.6 is 15.9 Å². The zero-order chi connectivity index (χ0) is 25.5. The zero-order valence-corrected chi connectivity index (χ0v) is 22.1. The van der Waals surface area contributed by atoms with E-state index in [-0.39, 0.29) is 35.3 Å². The summed E-state index contributed by atoms with van der Waals surface area (Å²) in [4.78, 5) is 31.9. The van der Waals surface area contributed by atoms with Crippen LogP contribution in [0.15, 0.2) is 43.1 Å². The summed E-state index contributed by atoms with van der Waals surface area (Å²) < 4.78 is 6.41. The Kier molecular flexibility index (Phi) is 6.54. The van der Waals surface area contributed by atoms with Gasteiger partial charge in [-0.15, -0.1) is 0 Å². The summed E-state index contributed by atoms with van der Waals surface area (Å²) in [6.45, 7) is 8.43. The minimum absolute atomic E-state index is 0.141. The van der Waals surface area contributed by atoms with Crippen molar-refractivity contribution in [3.05, 3.63) is 56.8 Å². The summed E-state index contributed by atoms with van der Waals surface area (Å²) in [7, 11) is 3.24. The fourth-order valence-corrected chi connectivity index (χ4v) is 4.16. The van der Waals surface area contributed by atoms with Crippen LogP contribution in [-0.2, 0) is 0 Å². The Hall–Kier alpha value is -3.47. The van der Waals surface area contributed by atoms with Gasteiger partial charge in [0, 0.05) is 18.6 Å². The van der Waals surface area contributed by atoms with E-state index < -0.39 is 0 Å². The Morgan fingerprint density at radius 3 is 2.34 bits per heavy atom. The molecule has 4 rings (SSSR count). The molecule has 184 valence electrons. The van der Waals surface area contributed by atoms with Gasteiger partial charge in [0.2, 0.25) is 0 Å². The van der Waals surface area contributed by atoms with Crippen LogP contribution in [0.4, 0.5) is 17.3 Å². The highest BCUT2D eigenvalue weighted by Gasteiger charge is 2.31. The van der Waals surface area contributed by atoms with E-state index >= 15 is 0 Å². The quantitative estimate of drug-likeness (QED) is 0.405. The van der Waals surface area contributed by atoms with E-state index in [1.807, 2.05) is 19.1 Å². The smallest absolute Gasteiger partial charge is 0.258 e. The number of phenols is 1. The lowest BCUT2D eigenvalue weighted by Gasteiger charge is -2.30. The number of phenolic OH excluding ortho intramolecular Hbond substituents is 1. The van der Waals surface area contributed by atoms with Crippen molar-refractivity contribution in [3.8, 4) is 5.75 Å². The van der Waals surface area contributed by atoms with Crippen molar-refractivity contribution in [3.63, 3.8) is 0 Å². The second-order valence-corrected chi connectivity index (χ2v) is 10.4. The number of aromatic nitrogens is 2. The van der Waals surface area contributed by atoms with Crippen molar-refractivity contribution < 1.29 is 14.3 Å². The number of rotatable bonds is 6. The fraction of sp³-hybridized carbons (Fsp3) is 0.375. The number of aryl methyl sites for hydroxylation is 1. The van der Waals surface area contributed by atoms with Gasteiger partial charge in [0.1, 0.15) is 18.2 Å². The summed E-state index contributed by atoms with van der Waals surface area (Å²) in [6, 6.07) is 6.96. The average molecular weight is 542 g/mol. The van der Waals surface area contributed by atoms with Gasteiger partial charge in [-0.3, -0.25) is 4.79 Å². The number of hydrogen-bond donors (Lipinski definition) is 3. The summed E-state index contributed by atoms with van der Waals surface area (Å²) in [6.07, 6.45) is 0. The number of fused-ring (bicyclic) bond motifs is 1. The minimum atomic E-state index is -0.341. The van der Waals surface area contributed by atoms with Crippen LogP contribution in [-0.4, -0.2) is 46.6 Å². The van der Waals surface area contributed by atoms with E-state index in [2.05, 4.69) is 67.3 Å². The van der Waals surface area contributed by atoms with Crippen LogP contribution in [0.2, 0.25) is 0 Å². The Morgan fingerprint density at radius 1 is 1.11 bits per heavy atom. The molecule has 1 atom stereocenters. The van der Waals surface area contributed by atoms with Crippen molar-refractivity contribution in [2.45, 2.75) is 33.7 Å². The molecule has 1 aliphatic heterocycles. The molecule has 3 heterocycles. The third kappa shape index (κ3) is 5.00. The van der Waals surface area contributed by atoms with E-state index in [1.165, 1.54) is 4.90 Å². The molecule has 1 aliphatic rings. The highest BCUT2D eigenvalue weighted by molar-refractivity contribution is 9.10. The number of furan rings is 1. The highest BCUT2D eigenvalue weighted by Crippen LogP contribution is 2.39. The average Bonchev–Trinajstić information content (AvgIpc) is 3.41. The summed E-state index contributed by atoms with van der Waals surface area (Å²) in [5.74, 6) is 1.77. The van der Waals surface area contributed by atoms with E-state index in [9.17, 15) is 9.90 Å². The van der Waals surface area contributed by atoms with Crippen LogP contribution in [0.3, 0.4) is 0 Å². The molecule has 0 spiro atoms. The normalized spacial score (nSPS) is 13.5. The number of carbonyl (C=O) groups is 1. The van der Waals surface area contributed by atoms with Gasteiger partial charge in [0.05, 0.1) is 17.3 Å². The summed E-state index contributed by atoms with van der Waals surface area (Å²) >= 11 is 3.36. The maximum atomic E-state index is 12.7. The molecule has 0 radical (unpaired) electrons. The zero-order valence-electron chi connectivity index (χ0n) is 20.5. The number of amides is 1. The number of nitrogens with one attached hydrogen (secondary N) is 2. The Bertz CT molecular complexity index is 1410. The minimum Gasteiger partial charge on any atom is -0.505 e. The molecule has 3 N–H and O–H groups in total. The molecule has 0 saturated carbocycles. The molecule has 35 heavy (non-hydrogen) atoms. The Morgan fingerprint density at radius 2 is 1.77 bits per heavy atom. The maximum absolute atomic E-state index is 12.7. The molecule has 2 aromatic heterocycles. The van der Waals surface area contributed by atoms with E-state index in [0.717, 1.165) is 11.5 Å². The first-order valence-corrected chi connectivity index (χ1v) is 11.8. The molecule has 1 aromatic carbocycles. The SMILES string of the molecule is Cc1ccc([C@H](Nc2nc3c(nc2Nc2ccc(Br)c(C(=O)N(C)C)c2O)=NCN=3)C(C)(C)C)o1. The number of aromatic hydroxyl groups is 1. The standard InChI is InChI=1S/C24H28BrN7O3/c1-12-7-10-15(35-12)18(24(2,3)4)29-22-21(30-19-20(31-22)27-11-26-19)28-14-9-8-13(25)16(17(14)33)23(34)32(5)6/h7-10,18,33H,11H2,1-6H3,(H,26,28,30)(H,27,29,31)/t18-/m0/s1. The molecule has 11 heteroatoms. The molecule has 0 fully saturated rings. The molecule has 1 amide bonds. The first kappa shape index (κ1) is 24.6. The van der Waals surface area contributed by atoms with Gasteiger partial charge in [-0.25, -0.2) is 20.0 Å². The monoisotopic (exact) mass is 541 g/mol. The van der Waals surface area contributed by atoms with Crippen molar-refractivity contribution in [1.29, 1.82) is 0 Å². The predicted octanol–water partition coefficient (Wildman–Crippen LogP) is 3.70. The van der Waals surface area contributed by atoms with Gasteiger partial charge >= 0.3 is 0 Å².